The molecule has 0 aliphatic carbocycles. The first-order chi connectivity index (χ1) is 19.1. The van der Waals surface area contributed by atoms with Crippen LogP contribution in [0.25, 0.3) is 22.6 Å². The first-order valence-electron chi connectivity index (χ1n) is 11.5. The monoisotopic (exact) mass is 604 g/mol. The molecule has 0 aliphatic rings. The minimum absolute atomic E-state index is 0.0329. The van der Waals surface area contributed by atoms with Crippen molar-refractivity contribution in [2.75, 3.05) is 0 Å². The number of aryl methyl sites for hydroxylation is 1. The number of aromatic amines is 1. The summed E-state index contributed by atoms with van der Waals surface area (Å²) in [7, 11) is 1.30. The Kier molecular flexibility index (Phi) is 7.96. The zero-order valence-corrected chi connectivity index (χ0v) is 21.6. The average Bonchev–Trinajstić information content (AvgIpc) is 3.24. The highest BCUT2D eigenvalue weighted by molar-refractivity contribution is 6.30. The van der Waals surface area contributed by atoms with Gasteiger partial charge in [-0.25, -0.2) is 14.2 Å². The largest absolute Gasteiger partial charge is 0.485 e. The molecule has 0 saturated heterocycles. The molecule has 4 rings (SSSR count). The lowest BCUT2D eigenvalue weighted by Crippen LogP contribution is -2.39. The Hall–Kier alpha value is -4.24. The van der Waals surface area contributed by atoms with Crippen LogP contribution < -0.4 is 20.7 Å². The molecule has 0 radical (unpaired) electrons. The van der Waals surface area contributed by atoms with Crippen LogP contribution in [0.4, 0.5) is 26.3 Å². The van der Waals surface area contributed by atoms with Crippen LogP contribution in [0.15, 0.2) is 58.6 Å². The van der Waals surface area contributed by atoms with Crippen LogP contribution in [0.5, 0.6) is 11.5 Å². The molecule has 1 atom stereocenters. The Morgan fingerprint density at radius 2 is 1.85 bits per heavy atom. The third-order valence-electron chi connectivity index (χ3n) is 5.81. The van der Waals surface area contributed by atoms with E-state index in [0.29, 0.717) is 10.1 Å². The van der Waals surface area contributed by atoms with Crippen molar-refractivity contribution in [3.8, 4) is 22.9 Å². The van der Waals surface area contributed by atoms with Crippen LogP contribution in [-0.4, -0.2) is 42.6 Å². The van der Waals surface area contributed by atoms with E-state index in [9.17, 15) is 41.0 Å². The maximum Gasteiger partial charge on any atom is 0.419 e. The van der Waals surface area contributed by atoms with Gasteiger partial charge in [-0.3, -0.25) is 14.3 Å². The Labute approximate surface area is 230 Å². The van der Waals surface area contributed by atoms with Crippen LogP contribution in [0.2, 0.25) is 5.02 Å². The van der Waals surface area contributed by atoms with Crippen molar-refractivity contribution in [2.45, 2.75) is 31.5 Å². The zero-order valence-electron chi connectivity index (χ0n) is 20.8. The average molecular weight is 605 g/mol. The second kappa shape index (κ2) is 11.0. The molecule has 0 amide bonds. The Balaban J connectivity index is 1.80. The van der Waals surface area contributed by atoms with Gasteiger partial charge in [-0.05, 0) is 35.9 Å². The lowest BCUT2D eigenvalue weighted by molar-refractivity contribution is -0.207. The maximum atomic E-state index is 14.2. The van der Waals surface area contributed by atoms with Crippen molar-refractivity contribution >= 4 is 22.8 Å². The van der Waals surface area contributed by atoms with Gasteiger partial charge >= 0.3 is 18.0 Å². The van der Waals surface area contributed by atoms with E-state index in [1.807, 2.05) is 4.98 Å². The number of halogens is 7. The van der Waals surface area contributed by atoms with E-state index in [0.717, 1.165) is 16.7 Å². The van der Waals surface area contributed by atoms with Crippen LogP contribution in [0, 0.1) is 5.82 Å². The van der Waals surface area contributed by atoms with E-state index < -0.39 is 53.4 Å². The van der Waals surface area contributed by atoms with E-state index >= 15 is 0 Å². The number of aromatic nitrogens is 4. The molecule has 2 heterocycles. The Morgan fingerprint density at radius 1 is 1.15 bits per heavy atom. The second-order valence-electron chi connectivity index (χ2n) is 8.66. The Morgan fingerprint density at radius 3 is 2.49 bits per heavy atom. The van der Waals surface area contributed by atoms with Gasteiger partial charge in [0.15, 0.2) is 28.8 Å². The van der Waals surface area contributed by atoms with Crippen LogP contribution in [-0.2, 0) is 20.2 Å². The van der Waals surface area contributed by atoms with Gasteiger partial charge < -0.3 is 19.1 Å². The van der Waals surface area contributed by atoms with Crippen molar-refractivity contribution < 1.29 is 40.9 Å². The topological polar surface area (TPSA) is 111 Å². The van der Waals surface area contributed by atoms with Gasteiger partial charge in [0.25, 0.3) is 5.56 Å². The summed E-state index contributed by atoms with van der Waals surface area (Å²) in [6.45, 7) is 1.51. The molecule has 1 unspecified atom stereocenters. The number of benzene rings is 2. The number of imidazole rings is 1. The fourth-order valence-corrected chi connectivity index (χ4v) is 3.98. The van der Waals surface area contributed by atoms with E-state index in [-0.39, 0.29) is 40.4 Å². The van der Waals surface area contributed by atoms with E-state index in [4.69, 9.17) is 21.1 Å². The minimum Gasteiger partial charge on any atom is -0.485 e. The fourth-order valence-electron chi connectivity index (χ4n) is 3.78. The van der Waals surface area contributed by atoms with E-state index in [1.54, 1.807) is 0 Å². The number of ether oxygens (including phenoxy) is 2. The van der Waals surface area contributed by atoms with Gasteiger partial charge in [0, 0.05) is 18.7 Å². The number of hydrogen-bond donors (Lipinski definition) is 2. The molecule has 0 bridgehead atoms. The maximum absolute atomic E-state index is 14.2. The molecule has 2 N–H and O–H groups in total. The molecular weight excluding hydrogens is 586 g/mol. The molecule has 2 aromatic carbocycles. The third kappa shape index (κ3) is 6.25. The minimum atomic E-state index is -5.07. The SMILES string of the molecule is C=CC(F)(F)Oc1cc(-c2nc3c(c(=O)[nH]c(=O)n3CC(O)C(F)(F)F)n2C)ccc1OCc1ccc(F)c(Cl)c1. The summed E-state index contributed by atoms with van der Waals surface area (Å²) in [5, 5.41) is 9.31. The van der Waals surface area contributed by atoms with Gasteiger partial charge in [-0.15, -0.1) is 0 Å². The molecule has 0 fully saturated rings. The van der Waals surface area contributed by atoms with Crippen molar-refractivity contribution in [3.05, 3.63) is 86.3 Å². The number of aliphatic hydroxyl groups excluding tert-OH is 1. The van der Waals surface area contributed by atoms with Crippen LogP contribution >= 0.6 is 11.6 Å². The highest BCUT2D eigenvalue weighted by Crippen LogP contribution is 2.37. The molecule has 9 nitrogen and oxygen atoms in total. The number of fused-ring (bicyclic) bond motifs is 1. The van der Waals surface area contributed by atoms with Crippen molar-refractivity contribution in [3.63, 3.8) is 0 Å². The first-order valence-corrected chi connectivity index (χ1v) is 11.8. The van der Waals surface area contributed by atoms with Gasteiger partial charge in [-0.1, -0.05) is 24.2 Å². The molecule has 16 heteroatoms. The summed E-state index contributed by atoms with van der Waals surface area (Å²) >= 11 is 5.76. The Bertz CT molecular complexity index is 1750. The zero-order chi connectivity index (χ0) is 30.3. The molecule has 0 saturated carbocycles. The number of alkyl halides is 5. The first kappa shape index (κ1) is 29.7. The summed E-state index contributed by atoms with van der Waals surface area (Å²) in [5.74, 6) is -1.52. The van der Waals surface area contributed by atoms with E-state index in [2.05, 4.69) is 11.6 Å². The molecule has 4 aromatic rings. The van der Waals surface area contributed by atoms with Gasteiger partial charge in [-0.2, -0.15) is 22.0 Å². The van der Waals surface area contributed by atoms with Crippen molar-refractivity contribution in [2.24, 2.45) is 7.05 Å². The fraction of sp³-hybridized carbons (Fsp3) is 0.240. The lowest BCUT2D eigenvalue weighted by atomic mass is 10.2. The number of hydrogen-bond acceptors (Lipinski definition) is 6. The third-order valence-corrected chi connectivity index (χ3v) is 6.10. The number of H-pyrrole nitrogens is 1. The summed E-state index contributed by atoms with van der Waals surface area (Å²) in [6.07, 6.45) is -11.7. The number of rotatable bonds is 9. The highest BCUT2D eigenvalue weighted by Gasteiger charge is 2.39. The van der Waals surface area contributed by atoms with Crippen molar-refractivity contribution in [1.82, 2.24) is 19.1 Å². The second-order valence-corrected chi connectivity index (χ2v) is 9.07. The van der Waals surface area contributed by atoms with Gasteiger partial charge in [0.1, 0.15) is 18.2 Å². The molecule has 41 heavy (non-hydrogen) atoms. The predicted molar refractivity (Wildman–Crippen MR) is 135 cm³/mol. The van der Waals surface area contributed by atoms with Gasteiger partial charge in [0.2, 0.25) is 0 Å². The number of nitrogens with zero attached hydrogens (tertiary/aromatic N) is 3. The standard InChI is InChI=1S/C25H19ClF6N4O5/c1-3-24(28,29)41-17-9-13(5-7-16(17)40-11-12-4-6-15(27)14(26)8-12)20-33-21-19(35(20)2)22(38)34-23(39)36(21)10-18(37)25(30,31)32/h3-9,18,37H,1,10-11H2,2H3,(H,34,38,39). The summed E-state index contributed by atoms with van der Waals surface area (Å²) in [5.41, 5.74) is -2.64. The molecule has 0 aliphatic heterocycles. The van der Waals surface area contributed by atoms with Crippen LogP contribution in [0.1, 0.15) is 5.56 Å². The predicted octanol–water partition coefficient (Wildman–Crippen LogP) is 4.54. The summed E-state index contributed by atoms with van der Waals surface area (Å²) in [6, 6.07) is 7.34. The molecular formula is C25H19ClF6N4O5. The smallest absolute Gasteiger partial charge is 0.419 e. The normalized spacial score (nSPS) is 12.9. The summed E-state index contributed by atoms with van der Waals surface area (Å²) in [4.78, 5) is 30.8. The van der Waals surface area contributed by atoms with Gasteiger partial charge in [0.05, 0.1) is 11.6 Å². The van der Waals surface area contributed by atoms with Crippen molar-refractivity contribution in [1.29, 1.82) is 0 Å². The quantitative estimate of drug-likeness (QED) is 0.214. The molecule has 218 valence electrons. The molecule has 2 aromatic heterocycles. The summed E-state index contributed by atoms with van der Waals surface area (Å²) < 4.78 is 92.6. The van der Waals surface area contributed by atoms with E-state index in [1.165, 1.54) is 31.3 Å². The number of aliphatic hydroxyl groups is 1. The lowest BCUT2D eigenvalue weighted by Gasteiger charge is -2.18. The number of nitrogens with one attached hydrogen (secondary N) is 1. The van der Waals surface area contributed by atoms with Crippen LogP contribution in [0.3, 0.4) is 0 Å². The molecule has 0 spiro atoms. The highest BCUT2D eigenvalue weighted by atomic mass is 35.5.